The van der Waals surface area contributed by atoms with Gasteiger partial charge in [-0.2, -0.15) is 0 Å². The minimum Gasteiger partial charge on any atom is -0.491 e. The molecule has 1 unspecified atom stereocenters. The Kier molecular flexibility index (Phi) is 6.85. The number of benzene rings is 1. The molecule has 1 aliphatic rings. The summed E-state index contributed by atoms with van der Waals surface area (Å²) in [7, 11) is 0. The SMILES string of the molecule is C=C/C=C(\C=C(/C)C(=O)c1ccccc1)C(C)C1=COCC(N=CN)=N1. The fraction of sp³-hybridized carbons (Fsp3) is 0.190. The molecule has 1 aliphatic heterocycles. The van der Waals surface area contributed by atoms with Gasteiger partial charge in [-0.15, -0.1) is 0 Å². The molecule has 0 saturated carbocycles. The largest absolute Gasteiger partial charge is 0.491 e. The third-order valence-corrected chi connectivity index (χ3v) is 3.93. The first kappa shape index (κ1) is 19.1. The highest BCUT2D eigenvalue weighted by atomic mass is 16.5. The van der Waals surface area contributed by atoms with Crippen molar-refractivity contribution in [3.63, 3.8) is 0 Å². The van der Waals surface area contributed by atoms with E-state index in [1.807, 2.05) is 37.3 Å². The van der Waals surface area contributed by atoms with Crippen LogP contribution in [0, 0.1) is 5.92 Å². The number of ketones is 1. The highest BCUT2D eigenvalue weighted by molar-refractivity contribution is 6.08. The average molecular weight is 349 g/mol. The van der Waals surface area contributed by atoms with Crippen LogP contribution >= 0.6 is 0 Å². The Morgan fingerprint density at radius 1 is 1.38 bits per heavy atom. The summed E-state index contributed by atoms with van der Waals surface area (Å²) in [6, 6.07) is 9.19. The van der Waals surface area contributed by atoms with Gasteiger partial charge in [0.15, 0.2) is 11.6 Å². The summed E-state index contributed by atoms with van der Waals surface area (Å²) in [4.78, 5) is 21.0. The molecule has 0 radical (unpaired) electrons. The van der Waals surface area contributed by atoms with Gasteiger partial charge in [0.2, 0.25) is 0 Å². The van der Waals surface area contributed by atoms with Gasteiger partial charge in [0.25, 0.3) is 0 Å². The Labute approximate surface area is 154 Å². The van der Waals surface area contributed by atoms with Gasteiger partial charge in [-0.05, 0) is 18.1 Å². The van der Waals surface area contributed by atoms with E-state index in [0.29, 0.717) is 22.7 Å². The molecule has 5 heteroatoms. The molecule has 1 aromatic carbocycles. The van der Waals surface area contributed by atoms with Crippen molar-refractivity contribution in [3.05, 3.63) is 83.8 Å². The average Bonchev–Trinajstić information content (AvgIpc) is 2.67. The number of nitrogens with two attached hydrogens (primary N) is 1. The van der Waals surface area contributed by atoms with E-state index in [0.717, 1.165) is 5.57 Å². The molecule has 0 fully saturated rings. The van der Waals surface area contributed by atoms with E-state index < -0.39 is 0 Å². The maximum absolute atomic E-state index is 12.6. The molecule has 0 bridgehead atoms. The second kappa shape index (κ2) is 9.32. The molecule has 1 aromatic rings. The van der Waals surface area contributed by atoms with Crippen LogP contribution in [-0.2, 0) is 4.74 Å². The lowest BCUT2D eigenvalue weighted by Gasteiger charge is -2.18. The van der Waals surface area contributed by atoms with Gasteiger partial charge in [-0.25, -0.2) is 9.98 Å². The van der Waals surface area contributed by atoms with Gasteiger partial charge in [0.05, 0.1) is 12.0 Å². The number of hydrogen-bond acceptors (Lipinski definition) is 4. The lowest BCUT2D eigenvalue weighted by atomic mass is 9.93. The molecule has 1 heterocycles. The third-order valence-electron chi connectivity index (χ3n) is 3.93. The Balaban J connectivity index is 2.28. The van der Waals surface area contributed by atoms with E-state index in [1.165, 1.54) is 6.34 Å². The molecule has 1 atom stereocenters. The maximum atomic E-state index is 12.6. The summed E-state index contributed by atoms with van der Waals surface area (Å²) in [5.74, 6) is 0.393. The summed E-state index contributed by atoms with van der Waals surface area (Å²) in [6.45, 7) is 7.84. The number of nitrogens with zero attached hydrogens (tertiary/aromatic N) is 2. The predicted molar refractivity (Wildman–Crippen MR) is 106 cm³/mol. The van der Waals surface area contributed by atoms with Crippen LogP contribution in [0.4, 0.5) is 0 Å². The quantitative estimate of drug-likeness (QED) is 0.279. The number of rotatable bonds is 6. The lowest BCUT2D eigenvalue weighted by molar-refractivity contribution is 0.103. The zero-order valence-electron chi connectivity index (χ0n) is 15.1. The van der Waals surface area contributed by atoms with Crippen LogP contribution in [0.2, 0.25) is 0 Å². The first-order valence-corrected chi connectivity index (χ1v) is 8.31. The van der Waals surface area contributed by atoms with Gasteiger partial charge >= 0.3 is 0 Å². The fourth-order valence-corrected chi connectivity index (χ4v) is 2.52. The number of amidine groups is 1. The molecular weight excluding hydrogens is 326 g/mol. The van der Waals surface area contributed by atoms with Crippen molar-refractivity contribution in [1.29, 1.82) is 0 Å². The van der Waals surface area contributed by atoms with E-state index >= 15 is 0 Å². The molecule has 5 nitrogen and oxygen atoms in total. The van der Waals surface area contributed by atoms with Gasteiger partial charge in [-0.3, -0.25) is 4.79 Å². The second-order valence-electron chi connectivity index (χ2n) is 5.81. The number of allylic oxidation sites excluding steroid dienone is 5. The normalized spacial score (nSPS) is 16.5. The molecule has 0 aliphatic carbocycles. The standard InChI is InChI=1S/C21H23N3O2/c1-4-8-18(11-15(2)21(25)17-9-6-5-7-10-17)16(3)19-12-26-13-20(24-19)23-14-22/h4-12,14,16H,1,13H2,2-3H3,(H2,22,23,24)/b15-11+,18-8+. The topological polar surface area (TPSA) is 77.0 Å². The summed E-state index contributed by atoms with van der Waals surface area (Å²) in [5.41, 5.74) is 8.23. The van der Waals surface area contributed by atoms with Crippen LogP contribution < -0.4 is 5.73 Å². The van der Waals surface area contributed by atoms with Gasteiger partial charge in [0, 0.05) is 11.5 Å². The molecule has 134 valence electrons. The number of hydrogen-bond donors (Lipinski definition) is 1. The molecule has 0 spiro atoms. The first-order chi connectivity index (χ1) is 12.6. The van der Waals surface area contributed by atoms with E-state index in [4.69, 9.17) is 10.5 Å². The number of aliphatic imine (C=N–C) groups is 2. The molecule has 0 saturated heterocycles. The summed E-state index contributed by atoms with van der Waals surface area (Å²) >= 11 is 0. The van der Waals surface area contributed by atoms with E-state index in [9.17, 15) is 4.79 Å². The van der Waals surface area contributed by atoms with Crippen molar-refractivity contribution in [2.24, 2.45) is 21.6 Å². The zero-order valence-corrected chi connectivity index (χ0v) is 15.1. The third kappa shape index (κ3) is 4.89. The van der Waals surface area contributed by atoms with Crippen LogP contribution in [0.25, 0.3) is 0 Å². The van der Waals surface area contributed by atoms with E-state index in [-0.39, 0.29) is 18.3 Å². The van der Waals surface area contributed by atoms with Crippen LogP contribution in [0.3, 0.4) is 0 Å². The molecule has 0 aromatic heterocycles. The number of ether oxygens (including phenoxy) is 1. The maximum Gasteiger partial charge on any atom is 0.188 e. The monoisotopic (exact) mass is 349 g/mol. The van der Waals surface area contributed by atoms with Crippen molar-refractivity contribution in [2.45, 2.75) is 13.8 Å². The molecule has 2 rings (SSSR count). The zero-order chi connectivity index (χ0) is 18.9. The summed E-state index contributed by atoms with van der Waals surface area (Å²) < 4.78 is 5.42. The van der Waals surface area contributed by atoms with Crippen molar-refractivity contribution in [2.75, 3.05) is 6.61 Å². The Morgan fingerprint density at radius 2 is 2.12 bits per heavy atom. The smallest absolute Gasteiger partial charge is 0.188 e. The minimum absolute atomic E-state index is 0.0152. The molecule has 26 heavy (non-hydrogen) atoms. The predicted octanol–water partition coefficient (Wildman–Crippen LogP) is 3.82. The molecular formula is C21H23N3O2. The van der Waals surface area contributed by atoms with Gasteiger partial charge in [0.1, 0.15) is 12.9 Å². The van der Waals surface area contributed by atoms with Crippen molar-refractivity contribution >= 4 is 18.0 Å². The second-order valence-corrected chi connectivity index (χ2v) is 5.81. The number of carbonyl (C=O) groups excluding carboxylic acids is 1. The Morgan fingerprint density at radius 3 is 2.77 bits per heavy atom. The highest BCUT2D eigenvalue weighted by Gasteiger charge is 2.18. The minimum atomic E-state index is -0.102. The Hall–Kier alpha value is -3.21. The van der Waals surface area contributed by atoms with Crippen LogP contribution in [0.1, 0.15) is 24.2 Å². The van der Waals surface area contributed by atoms with Crippen LogP contribution in [0.15, 0.2) is 88.2 Å². The van der Waals surface area contributed by atoms with Crippen LogP contribution in [0.5, 0.6) is 0 Å². The highest BCUT2D eigenvalue weighted by Crippen LogP contribution is 2.26. The summed E-state index contributed by atoms with van der Waals surface area (Å²) in [6.07, 6.45) is 8.22. The lowest BCUT2D eigenvalue weighted by Crippen LogP contribution is -2.14. The van der Waals surface area contributed by atoms with Crippen LogP contribution in [-0.4, -0.2) is 24.6 Å². The van der Waals surface area contributed by atoms with Crippen molar-refractivity contribution in [3.8, 4) is 0 Å². The number of Topliss-reactive ketones (excluding diaryl/α,β-unsaturated/α-hetero) is 1. The van der Waals surface area contributed by atoms with Gasteiger partial charge in [-0.1, -0.05) is 62.1 Å². The first-order valence-electron chi connectivity index (χ1n) is 8.31. The fourth-order valence-electron chi connectivity index (χ4n) is 2.52. The summed E-state index contributed by atoms with van der Waals surface area (Å²) in [5, 5.41) is 0. The van der Waals surface area contributed by atoms with E-state index in [2.05, 4.69) is 16.6 Å². The molecule has 2 N–H and O–H groups in total. The van der Waals surface area contributed by atoms with Gasteiger partial charge < -0.3 is 10.5 Å². The Bertz CT molecular complexity index is 815. The van der Waals surface area contributed by atoms with E-state index in [1.54, 1.807) is 31.4 Å². The van der Waals surface area contributed by atoms with Crippen molar-refractivity contribution in [1.82, 2.24) is 0 Å². The van der Waals surface area contributed by atoms with Crippen molar-refractivity contribution < 1.29 is 9.53 Å². The number of carbonyl (C=O) groups is 1. The molecule has 0 amide bonds.